The number of carbonyl (C=O) groups is 3. The summed E-state index contributed by atoms with van der Waals surface area (Å²) in [6.45, 7) is 4.98. The van der Waals surface area contributed by atoms with Crippen LogP contribution < -0.4 is 5.32 Å². The fraction of sp³-hybridized carbons (Fsp3) is 0.383. The second kappa shape index (κ2) is 16.4. The number of phenolic OH excluding ortho intramolecular Hbond substituents is 1. The molecule has 8 rings (SSSR count). The number of nitrogens with one attached hydrogen (secondary N) is 1. The van der Waals surface area contributed by atoms with E-state index in [1.165, 1.54) is 5.06 Å². The highest BCUT2D eigenvalue weighted by atomic mass is 16.8. The number of fused-ring (bicyclic) bond motifs is 4. The summed E-state index contributed by atoms with van der Waals surface area (Å²) in [4.78, 5) is 49.0. The summed E-state index contributed by atoms with van der Waals surface area (Å²) in [7, 11) is 0. The highest BCUT2D eigenvalue weighted by Crippen LogP contribution is 2.59. The van der Waals surface area contributed by atoms with Crippen molar-refractivity contribution in [2.75, 3.05) is 6.61 Å². The number of esters is 2. The zero-order valence-corrected chi connectivity index (χ0v) is 33.4. The van der Waals surface area contributed by atoms with Crippen molar-refractivity contribution in [3.05, 3.63) is 143 Å². The zero-order valence-electron chi connectivity index (χ0n) is 33.4. The van der Waals surface area contributed by atoms with E-state index in [1.54, 1.807) is 32.9 Å². The number of hydrogen-bond donors (Lipinski definition) is 3. The molecule has 1 amide bonds. The van der Waals surface area contributed by atoms with Gasteiger partial charge in [-0.3, -0.25) is 19.2 Å². The molecule has 0 aromatic heterocycles. The molecule has 7 atom stereocenters. The molecule has 12 nitrogen and oxygen atoms in total. The number of ether oxygens (including phenoxy) is 4. The number of rotatable bonds is 13. The number of aliphatic hydroxyl groups is 1. The number of nitrogens with zero attached hydrogens (tertiary/aromatic N) is 1. The van der Waals surface area contributed by atoms with Gasteiger partial charge in [-0.1, -0.05) is 115 Å². The van der Waals surface area contributed by atoms with E-state index in [1.807, 2.05) is 109 Å². The van der Waals surface area contributed by atoms with Gasteiger partial charge in [-0.2, -0.15) is 5.06 Å². The van der Waals surface area contributed by atoms with Crippen LogP contribution in [0.1, 0.15) is 67.9 Å². The molecule has 1 aliphatic carbocycles. The third-order valence-corrected chi connectivity index (χ3v) is 11.6. The Morgan fingerprint density at radius 2 is 1.53 bits per heavy atom. The summed E-state index contributed by atoms with van der Waals surface area (Å²) in [5.41, 5.74) is 1.67. The van der Waals surface area contributed by atoms with E-state index in [4.69, 9.17) is 23.8 Å². The van der Waals surface area contributed by atoms with E-state index in [-0.39, 0.29) is 31.6 Å². The first-order valence-electron chi connectivity index (χ1n) is 20.2. The second-order valence-electron chi connectivity index (χ2n) is 16.6. The Hall–Kier alpha value is -5.37. The fourth-order valence-electron chi connectivity index (χ4n) is 8.91. The summed E-state index contributed by atoms with van der Waals surface area (Å²) >= 11 is 0. The number of amides is 1. The van der Waals surface area contributed by atoms with E-state index >= 15 is 4.79 Å². The predicted octanol–water partition coefficient (Wildman–Crippen LogP) is 5.73. The monoisotopic (exact) mass is 802 g/mol. The van der Waals surface area contributed by atoms with Gasteiger partial charge in [0.25, 0.3) is 0 Å². The topological polar surface area (TPSA) is 153 Å². The van der Waals surface area contributed by atoms with Gasteiger partial charge in [0.05, 0.1) is 19.2 Å². The minimum atomic E-state index is -1.54. The van der Waals surface area contributed by atoms with Gasteiger partial charge in [0, 0.05) is 24.0 Å². The normalized spacial score (nSPS) is 26.2. The number of aliphatic hydroxyl groups excluding tert-OH is 1. The van der Waals surface area contributed by atoms with Crippen LogP contribution in [-0.4, -0.2) is 81.8 Å². The van der Waals surface area contributed by atoms with Crippen molar-refractivity contribution < 1.29 is 48.4 Å². The molecule has 2 bridgehead atoms. The van der Waals surface area contributed by atoms with E-state index in [2.05, 4.69) is 5.32 Å². The molecule has 3 saturated heterocycles. The van der Waals surface area contributed by atoms with Gasteiger partial charge in [-0.25, -0.2) is 0 Å². The molecule has 59 heavy (non-hydrogen) atoms. The lowest BCUT2D eigenvalue weighted by Gasteiger charge is -2.49. The number of carbonyl (C=O) groups excluding carboxylic acids is 3. The van der Waals surface area contributed by atoms with E-state index in [0.29, 0.717) is 6.42 Å². The third kappa shape index (κ3) is 7.79. The quantitative estimate of drug-likeness (QED) is 0.142. The molecule has 12 heteroatoms. The molecule has 4 aliphatic rings. The Kier molecular flexibility index (Phi) is 11.2. The largest absolute Gasteiger partial charge is 0.508 e. The average Bonchev–Trinajstić information content (AvgIpc) is 3.81. The van der Waals surface area contributed by atoms with Gasteiger partial charge < -0.3 is 34.5 Å². The average molecular weight is 803 g/mol. The Bertz CT molecular complexity index is 2150. The zero-order chi connectivity index (χ0) is 41.4. The minimum absolute atomic E-state index is 0.0392. The molecule has 4 aromatic rings. The molecule has 308 valence electrons. The second-order valence-corrected chi connectivity index (χ2v) is 16.6. The highest BCUT2D eigenvalue weighted by Gasteiger charge is 2.76. The van der Waals surface area contributed by atoms with Crippen molar-refractivity contribution in [3.8, 4) is 5.75 Å². The lowest BCUT2D eigenvalue weighted by atomic mass is 9.62. The molecule has 7 unspecified atom stereocenters. The third-order valence-electron chi connectivity index (χ3n) is 11.6. The number of allylic oxidation sites excluding steroid dienone is 1. The maximum absolute atomic E-state index is 15.1. The maximum Gasteiger partial charge on any atom is 0.327 e. The Balaban J connectivity index is 1.15. The Morgan fingerprint density at radius 3 is 2.19 bits per heavy atom. The van der Waals surface area contributed by atoms with Crippen LogP contribution >= 0.6 is 0 Å². The highest BCUT2D eigenvalue weighted by molar-refractivity contribution is 5.94. The number of phenols is 1. The molecule has 0 radical (unpaired) electrons. The summed E-state index contributed by atoms with van der Waals surface area (Å²) in [5, 5.41) is 25.3. The first-order chi connectivity index (χ1) is 28.4. The van der Waals surface area contributed by atoms with Gasteiger partial charge in [0.2, 0.25) is 11.7 Å². The van der Waals surface area contributed by atoms with E-state index < -0.39 is 77.8 Å². The van der Waals surface area contributed by atoms with Gasteiger partial charge in [0.1, 0.15) is 41.2 Å². The number of hydrogen-bond acceptors (Lipinski definition) is 11. The predicted molar refractivity (Wildman–Crippen MR) is 216 cm³/mol. The van der Waals surface area contributed by atoms with Gasteiger partial charge in [0.15, 0.2) is 6.04 Å². The van der Waals surface area contributed by atoms with Crippen LogP contribution in [0.5, 0.6) is 5.75 Å². The van der Waals surface area contributed by atoms with Gasteiger partial charge in [-0.15, -0.1) is 0 Å². The van der Waals surface area contributed by atoms with Crippen LogP contribution in [0.4, 0.5) is 0 Å². The van der Waals surface area contributed by atoms with Crippen LogP contribution in [0.2, 0.25) is 0 Å². The molecule has 1 saturated carbocycles. The number of benzene rings is 4. The summed E-state index contributed by atoms with van der Waals surface area (Å²) in [6.07, 6.45) is 0.950. The van der Waals surface area contributed by atoms with Crippen LogP contribution in [0.3, 0.4) is 0 Å². The van der Waals surface area contributed by atoms with Crippen molar-refractivity contribution >= 4 is 23.9 Å². The standard InChI is InChI=1S/C47H50N2O10/c1-45(2,3)56-38(52)26-25-35(29-50)48-44(54)46-27-37-39-40(58-47(57-39,33-20-6-4-7-21-33)34-22-8-5-9-23-34)42(46)59-49(41(46)43(53)55-37)28-32-17-11-10-15-30(32)18-14-19-31-16-12-13-24-36(31)51/h4-18,20-24,35,37,39-42,50-51H,19,25-29H2,1-3H3,(H,48,54). The Labute approximate surface area is 343 Å². The van der Waals surface area contributed by atoms with Crippen molar-refractivity contribution in [2.24, 2.45) is 5.41 Å². The smallest absolute Gasteiger partial charge is 0.327 e. The minimum Gasteiger partial charge on any atom is -0.508 e. The SMILES string of the molecule is CC(C)(C)OC(=O)CCC(CO)NC(=O)C12CC3OC(=O)C1N(Cc1ccccc1C=CCc1ccccc1O)OC2C1OC(c2ccccc2)(c2ccccc2)OC31. The molecule has 3 N–H and O–H groups in total. The summed E-state index contributed by atoms with van der Waals surface area (Å²) in [5.74, 6) is -2.82. The summed E-state index contributed by atoms with van der Waals surface area (Å²) < 4.78 is 25.8. The van der Waals surface area contributed by atoms with Crippen molar-refractivity contribution in [3.63, 3.8) is 0 Å². The first kappa shape index (κ1) is 40.4. The van der Waals surface area contributed by atoms with E-state index in [9.17, 15) is 19.8 Å². The summed E-state index contributed by atoms with van der Waals surface area (Å²) in [6, 6.07) is 31.9. The molecule has 3 heterocycles. The van der Waals surface area contributed by atoms with Crippen molar-refractivity contribution in [2.45, 2.75) is 101 Å². The van der Waals surface area contributed by atoms with Crippen LogP contribution in [-0.2, 0) is 56.9 Å². The molecule has 0 spiro atoms. The molecule has 4 aromatic carbocycles. The van der Waals surface area contributed by atoms with Crippen LogP contribution in [0, 0.1) is 5.41 Å². The number of para-hydroxylation sites is 1. The Morgan fingerprint density at radius 1 is 0.898 bits per heavy atom. The van der Waals surface area contributed by atoms with Crippen molar-refractivity contribution in [1.82, 2.24) is 10.4 Å². The van der Waals surface area contributed by atoms with E-state index in [0.717, 1.165) is 27.8 Å². The van der Waals surface area contributed by atoms with Crippen LogP contribution in [0.15, 0.2) is 115 Å². The maximum atomic E-state index is 15.1. The molecular weight excluding hydrogens is 753 g/mol. The number of aromatic hydroxyl groups is 1. The molecular formula is C47H50N2O10. The lowest BCUT2D eigenvalue weighted by Crippen LogP contribution is -2.70. The van der Waals surface area contributed by atoms with Crippen molar-refractivity contribution in [1.29, 1.82) is 0 Å². The van der Waals surface area contributed by atoms with Gasteiger partial charge >= 0.3 is 11.9 Å². The van der Waals surface area contributed by atoms with Gasteiger partial charge in [-0.05, 0) is 56.4 Å². The molecule has 4 fully saturated rings. The lowest BCUT2D eigenvalue weighted by molar-refractivity contribution is -0.213. The first-order valence-corrected chi connectivity index (χ1v) is 20.2. The van der Waals surface area contributed by atoms with Crippen LogP contribution in [0.25, 0.3) is 6.08 Å². The number of hydroxylamine groups is 2. The molecule has 3 aliphatic heterocycles. The fourth-order valence-corrected chi connectivity index (χ4v) is 8.91.